The molecular formula is C34H33F3N6O4S. The van der Waals surface area contributed by atoms with Crippen LogP contribution in [0.25, 0.3) is 33.3 Å². The summed E-state index contributed by atoms with van der Waals surface area (Å²) in [5, 5.41) is 3.34. The molecule has 1 N–H and O–H groups in total. The Hall–Kier alpha value is -4.98. The van der Waals surface area contributed by atoms with Crippen molar-refractivity contribution in [3.8, 4) is 22.4 Å². The number of pyridine rings is 1. The van der Waals surface area contributed by atoms with E-state index >= 15 is 0 Å². The summed E-state index contributed by atoms with van der Waals surface area (Å²) in [5.74, 6) is -0.0886. The van der Waals surface area contributed by atoms with Crippen LogP contribution in [-0.2, 0) is 20.9 Å². The van der Waals surface area contributed by atoms with Gasteiger partial charge in [0.2, 0.25) is 5.95 Å². The molecule has 1 amide bonds. The predicted octanol–water partition coefficient (Wildman–Crippen LogP) is 7.23. The number of hydrogen-bond donors (Lipinski definition) is 1. The van der Waals surface area contributed by atoms with Gasteiger partial charge in [0.15, 0.2) is 0 Å². The Morgan fingerprint density at radius 2 is 1.73 bits per heavy atom. The first-order valence-corrected chi connectivity index (χ1v) is 16.7. The minimum atomic E-state index is -4.85. The highest BCUT2D eigenvalue weighted by atomic mass is 32.2. The third-order valence-electron chi connectivity index (χ3n) is 7.84. The molecule has 0 unspecified atom stereocenters. The zero-order chi connectivity index (χ0) is 34.3. The largest absolute Gasteiger partial charge is 0.444 e. The number of rotatable bonds is 6. The zero-order valence-electron chi connectivity index (χ0n) is 26.4. The maximum Gasteiger partial charge on any atom is 0.419 e. The Morgan fingerprint density at radius 1 is 1.00 bits per heavy atom. The Morgan fingerprint density at radius 3 is 2.42 bits per heavy atom. The van der Waals surface area contributed by atoms with Gasteiger partial charge in [-0.25, -0.2) is 27.2 Å². The van der Waals surface area contributed by atoms with E-state index in [9.17, 15) is 26.4 Å². The molecule has 0 spiro atoms. The Balaban J connectivity index is 1.46. The summed E-state index contributed by atoms with van der Waals surface area (Å²) in [6, 6.07) is 15.7. The van der Waals surface area contributed by atoms with E-state index in [-0.39, 0.29) is 39.9 Å². The number of carbonyl (C=O) groups is 1. The van der Waals surface area contributed by atoms with Crippen LogP contribution in [0.3, 0.4) is 0 Å². The fourth-order valence-electron chi connectivity index (χ4n) is 5.65. The number of ether oxygens (including phenoxy) is 1. The van der Waals surface area contributed by atoms with E-state index in [0.29, 0.717) is 31.1 Å². The third kappa shape index (κ3) is 6.84. The molecule has 0 radical (unpaired) electrons. The molecule has 1 fully saturated rings. The van der Waals surface area contributed by atoms with Crippen LogP contribution in [0, 0.1) is 0 Å². The average Bonchev–Trinajstić information content (AvgIpc) is 3.44. The highest BCUT2D eigenvalue weighted by molar-refractivity contribution is 7.90. The number of nitrogens with zero attached hydrogens (tertiary/aromatic N) is 5. The fraction of sp³-hybridized carbons (Fsp3) is 0.294. The lowest BCUT2D eigenvalue weighted by molar-refractivity contribution is -0.137. The first-order valence-electron chi connectivity index (χ1n) is 15.3. The summed E-state index contributed by atoms with van der Waals surface area (Å²) in [4.78, 5) is 26.6. The van der Waals surface area contributed by atoms with Gasteiger partial charge in [0.25, 0.3) is 10.0 Å². The van der Waals surface area contributed by atoms with Crippen molar-refractivity contribution >= 4 is 33.0 Å². The lowest BCUT2D eigenvalue weighted by atomic mass is 10.0. The molecule has 1 atom stereocenters. The van der Waals surface area contributed by atoms with Gasteiger partial charge in [-0.1, -0.05) is 30.3 Å². The molecule has 0 saturated carbocycles. The second-order valence-corrected chi connectivity index (χ2v) is 14.3. The van der Waals surface area contributed by atoms with Gasteiger partial charge < -0.3 is 15.0 Å². The number of fused-ring (bicyclic) bond motifs is 1. The highest BCUT2D eigenvalue weighted by Gasteiger charge is 2.37. The van der Waals surface area contributed by atoms with E-state index in [1.807, 2.05) is 0 Å². The van der Waals surface area contributed by atoms with Gasteiger partial charge in [-0.3, -0.25) is 4.98 Å². The van der Waals surface area contributed by atoms with Crippen LogP contribution >= 0.6 is 0 Å². The van der Waals surface area contributed by atoms with Crippen LogP contribution < -0.4 is 5.32 Å². The van der Waals surface area contributed by atoms with Crippen LogP contribution in [0.1, 0.15) is 39.2 Å². The summed E-state index contributed by atoms with van der Waals surface area (Å²) in [5.41, 5.74) is -0.769. The number of aromatic nitrogens is 4. The van der Waals surface area contributed by atoms with Gasteiger partial charge in [0.1, 0.15) is 11.2 Å². The maximum absolute atomic E-state index is 14.5. The topological polar surface area (TPSA) is 119 Å². The van der Waals surface area contributed by atoms with Crippen molar-refractivity contribution in [3.63, 3.8) is 0 Å². The first kappa shape index (κ1) is 32.9. The van der Waals surface area contributed by atoms with E-state index in [1.54, 1.807) is 86.6 Å². The van der Waals surface area contributed by atoms with Crippen molar-refractivity contribution < 1.29 is 31.1 Å². The van der Waals surface area contributed by atoms with Gasteiger partial charge in [0, 0.05) is 54.9 Å². The van der Waals surface area contributed by atoms with Crippen LogP contribution in [0.5, 0.6) is 0 Å². The predicted molar refractivity (Wildman–Crippen MR) is 175 cm³/mol. The van der Waals surface area contributed by atoms with E-state index in [4.69, 9.17) is 4.74 Å². The molecule has 250 valence electrons. The van der Waals surface area contributed by atoms with E-state index in [0.717, 1.165) is 9.54 Å². The molecule has 5 aromatic rings. The van der Waals surface area contributed by atoms with Crippen molar-refractivity contribution in [2.75, 3.05) is 18.4 Å². The van der Waals surface area contributed by atoms with E-state index < -0.39 is 39.2 Å². The minimum absolute atomic E-state index is 0.0318. The number of benzene rings is 2. The second-order valence-electron chi connectivity index (χ2n) is 12.5. The van der Waals surface area contributed by atoms with Crippen molar-refractivity contribution in [3.05, 3.63) is 91.0 Å². The summed E-state index contributed by atoms with van der Waals surface area (Å²) in [6.07, 6.45) is 0.969. The monoisotopic (exact) mass is 678 g/mol. The number of hydrogen-bond acceptors (Lipinski definition) is 8. The van der Waals surface area contributed by atoms with Crippen LogP contribution in [0.15, 0.2) is 90.3 Å². The van der Waals surface area contributed by atoms with Crippen LogP contribution in [0.2, 0.25) is 0 Å². The van der Waals surface area contributed by atoms with E-state index in [2.05, 4.69) is 20.3 Å². The first-order chi connectivity index (χ1) is 22.7. The number of likely N-dealkylation sites (tertiary alicyclic amines) is 1. The minimum Gasteiger partial charge on any atom is -0.444 e. The third-order valence-corrected chi connectivity index (χ3v) is 9.53. The Kier molecular flexibility index (Phi) is 8.62. The molecule has 0 aliphatic carbocycles. The summed E-state index contributed by atoms with van der Waals surface area (Å²) >= 11 is 0. The van der Waals surface area contributed by atoms with Gasteiger partial charge in [-0.15, -0.1) is 0 Å². The van der Waals surface area contributed by atoms with Crippen molar-refractivity contribution in [2.24, 2.45) is 0 Å². The number of amides is 1. The molecule has 4 heterocycles. The van der Waals surface area contributed by atoms with Gasteiger partial charge >= 0.3 is 12.3 Å². The van der Waals surface area contributed by atoms with Crippen molar-refractivity contribution in [2.45, 2.75) is 56.3 Å². The molecule has 1 aliphatic heterocycles. The molecule has 10 nitrogen and oxygen atoms in total. The standard InChI is InChI=1S/C34H33F3N6O4S/c1-33(2,3)47-32(44)42-17-7-8-24(20-42)40-31-39-19-28(34(35,36)37)30(41-31)27-21-43(48(45,46)25-9-5-4-6-10-25)29-18-23(11-12-26(27)29)22-13-15-38-16-14-22/h4-6,9-16,18-19,21,24H,7-8,17,20H2,1-3H3,(H,39,40,41)/t24-/m0/s1. The maximum atomic E-state index is 14.5. The quantitative estimate of drug-likeness (QED) is 0.200. The number of alkyl halides is 3. The highest BCUT2D eigenvalue weighted by Crippen LogP contribution is 2.41. The molecule has 1 aliphatic rings. The normalized spacial score (nSPS) is 15.8. The molecule has 0 bridgehead atoms. The summed E-state index contributed by atoms with van der Waals surface area (Å²) in [6.45, 7) is 6.02. The molecule has 48 heavy (non-hydrogen) atoms. The van der Waals surface area contributed by atoms with E-state index in [1.165, 1.54) is 18.3 Å². The SMILES string of the molecule is CC(C)(C)OC(=O)N1CCC[C@H](Nc2ncc(C(F)(F)F)c(-c3cn(S(=O)(=O)c4ccccc4)c4cc(-c5ccncc5)ccc34)n2)C1. The molecule has 2 aromatic carbocycles. The number of nitrogens with one attached hydrogen (secondary N) is 1. The lowest BCUT2D eigenvalue weighted by Crippen LogP contribution is -2.47. The van der Waals surface area contributed by atoms with Gasteiger partial charge in [-0.05, 0) is 75.1 Å². The Labute approximate surface area is 275 Å². The van der Waals surface area contributed by atoms with Crippen molar-refractivity contribution in [1.29, 1.82) is 0 Å². The summed E-state index contributed by atoms with van der Waals surface area (Å²) in [7, 11) is -4.25. The summed E-state index contributed by atoms with van der Waals surface area (Å²) < 4.78 is 77.9. The van der Waals surface area contributed by atoms with Crippen LogP contribution in [0.4, 0.5) is 23.9 Å². The lowest BCUT2D eigenvalue weighted by Gasteiger charge is -2.34. The Bertz CT molecular complexity index is 2060. The molecular weight excluding hydrogens is 645 g/mol. The smallest absolute Gasteiger partial charge is 0.419 e. The number of piperidine rings is 1. The molecule has 1 saturated heterocycles. The number of anilines is 1. The average molecular weight is 679 g/mol. The molecule has 6 rings (SSSR count). The van der Waals surface area contributed by atoms with Gasteiger partial charge in [0.05, 0.1) is 16.1 Å². The zero-order valence-corrected chi connectivity index (χ0v) is 27.2. The fourth-order valence-corrected chi connectivity index (χ4v) is 7.03. The molecule has 3 aromatic heterocycles. The van der Waals surface area contributed by atoms with Crippen molar-refractivity contribution in [1.82, 2.24) is 23.8 Å². The molecule has 14 heteroatoms. The second kappa shape index (κ2) is 12.6. The number of carbonyl (C=O) groups excluding carboxylic acids is 1. The number of halogens is 3. The van der Waals surface area contributed by atoms with Crippen LogP contribution in [-0.4, -0.2) is 63.1 Å². The van der Waals surface area contributed by atoms with Gasteiger partial charge in [-0.2, -0.15) is 13.2 Å².